The fourth-order valence-corrected chi connectivity index (χ4v) is 2.79. The number of amides is 2. The Morgan fingerprint density at radius 1 is 1.50 bits per heavy atom. The molecule has 1 aliphatic heterocycles. The highest BCUT2D eigenvalue weighted by atomic mass is 32.2. The molecule has 1 atom stereocenters. The van der Waals surface area contributed by atoms with Crippen molar-refractivity contribution in [2.45, 2.75) is 11.7 Å². The van der Waals surface area contributed by atoms with Crippen LogP contribution in [0.3, 0.4) is 0 Å². The number of carbonyl (C=O) groups excluding carboxylic acids is 2. The van der Waals surface area contributed by atoms with Gasteiger partial charge in [0, 0.05) is 20.5 Å². The Labute approximate surface area is 120 Å². The second-order valence-electron chi connectivity index (χ2n) is 4.24. The summed E-state index contributed by atoms with van der Waals surface area (Å²) in [6, 6.07) is 5.91. The molecule has 106 valence electrons. The van der Waals surface area contributed by atoms with E-state index in [-0.39, 0.29) is 18.0 Å². The first-order valence-electron chi connectivity index (χ1n) is 5.98. The van der Waals surface area contributed by atoms with Gasteiger partial charge in [-0.15, -0.1) is 0 Å². The molecule has 1 N–H and O–H groups in total. The van der Waals surface area contributed by atoms with Gasteiger partial charge in [0.25, 0.3) is 0 Å². The molecular formula is C13H14FN3O2S. The first-order valence-corrected chi connectivity index (χ1v) is 6.86. The van der Waals surface area contributed by atoms with Crippen LogP contribution in [0.15, 0.2) is 29.3 Å². The SMILES string of the molecule is CN=C1S[C@H](C(=O)Nc2ccccc2F)CC(=O)N1C. The van der Waals surface area contributed by atoms with Gasteiger partial charge in [0.05, 0.1) is 5.69 Å². The van der Waals surface area contributed by atoms with Crippen LogP contribution in [0, 0.1) is 5.82 Å². The van der Waals surface area contributed by atoms with Crippen LogP contribution in [0.5, 0.6) is 0 Å². The number of hydrogen-bond acceptors (Lipinski definition) is 4. The molecule has 0 aliphatic carbocycles. The van der Waals surface area contributed by atoms with Crippen molar-refractivity contribution < 1.29 is 14.0 Å². The molecule has 7 heteroatoms. The van der Waals surface area contributed by atoms with Crippen molar-refractivity contribution in [2.24, 2.45) is 4.99 Å². The average molecular weight is 295 g/mol. The van der Waals surface area contributed by atoms with Gasteiger partial charge in [-0.3, -0.25) is 19.5 Å². The van der Waals surface area contributed by atoms with Gasteiger partial charge in [-0.25, -0.2) is 4.39 Å². The summed E-state index contributed by atoms with van der Waals surface area (Å²) in [4.78, 5) is 29.3. The molecule has 2 amide bonds. The van der Waals surface area contributed by atoms with Gasteiger partial charge in [-0.2, -0.15) is 0 Å². The van der Waals surface area contributed by atoms with Crippen molar-refractivity contribution in [3.63, 3.8) is 0 Å². The van der Waals surface area contributed by atoms with Crippen molar-refractivity contribution in [1.82, 2.24) is 4.90 Å². The zero-order valence-electron chi connectivity index (χ0n) is 11.1. The monoisotopic (exact) mass is 295 g/mol. The summed E-state index contributed by atoms with van der Waals surface area (Å²) in [6.45, 7) is 0. The largest absolute Gasteiger partial charge is 0.323 e. The van der Waals surface area contributed by atoms with E-state index in [2.05, 4.69) is 10.3 Å². The fraction of sp³-hybridized carbons (Fsp3) is 0.308. The fourth-order valence-electron chi connectivity index (χ4n) is 1.77. The van der Waals surface area contributed by atoms with Crippen LogP contribution >= 0.6 is 11.8 Å². The highest BCUT2D eigenvalue weighted by Gasteiger charge is 2.33. The van der Waals surface area contributed by atoms with Crippen molar-refractivity contribution in [1.29, 1.82) is 0 Å². The topological polar surface area (TPSA) is 61.8 Å². The van der Waals surface area contributed by atoms with E-state index in [1.807, 2.05) is 0 Å². The zero-order valence-corrected chi connectivity index (χ0v) is 11.9. The standard InChI is InChI=1S/C13H14FN3O2S/c1-15-13-17(2)11(18)7-10(20-13)12(19)16-9-6-4-3-5-8(9)14/h3-6,10H,7H2,1-2H3,(H,16,19)/t10-/m0/s1. The summed E-state index contributed by atoms with van der Waals surface area (Å²) < 4.78 is 13.5. The van der Waals surface area contributed by atoms with Crippen LogP contribution < -0.4 is 5.32 Å². The third-order valence-corrected chi connectivity index (χ3v) is 4.22. The van der Waals surface area contributed by atoms with E-state index in [9.17, 15) is 14.0 Å². The molecule has 2 rings (SSSR count). The molecule has 1 heterocycles. The summed E-state index contributed by atoms with van der Waals surface area (Å²) >= 11 is 1.20. The number of nitrogens with one attached hydrogen (secondary N) is 1. The number of anilines is 1. The van der Waals surface area contributed by atoms with Gasteiger partial charge < -0.3 is 5.32 Å². The predicted molar refractivity (Wildman–Crippen MR) is 77.2 cm³/mol. The van der Waals surface area contributed by atoms with E-state index in [1.165, 1.54) is 28.8 Å². The maximum atomic E-state index is 13.5. The Balaban J connectivity index is 2.10. The number of carbonyl (C=O) groups is 2. The van der Waals surface area contributed by atoms with Crippen LogP contribution in [0.1, 0.15) is 6.42 Å². The molecule has 5 nitrogen and oxygen atoms in total. The van der Waals surface area contributed by atoms with Gasteiger partial charge in [0.1, 0.15) is 11.1 Å². The van der Waals surface area contributed by atoms with E-state index in [0.717, 1.165) is 0 Å². The Kier molecular flexibility index (Phi) is 4.39. The number of nitrogens with zero attached hydrogens (tertiary/aromatic N) is 2. The Morgan fingerprint density at radius 3 is 2.85 bits per heavy atom. The van der Waals surface area contributed by atoms with Gasteiger partial charge in [0.15, 0.2) is 5.17 Å². The van der Waals surface area contributed by atoms with Gasteiger partial charge in [0.2, 0.25) is 11.8 Å². The Bertz CT molecular complexity index is 576. The smallest absolute Gasteiger partial charge is 0.238 e. The summed E-state index contributed by atoms with van der Waals surface area (Å²) in [5.74, 6) is -1.09. The molecule has 0 spiro atoms. The number of amidine groups is 1. The molecule has 0 bridgehead atoms. The number of halogens is 1. The second kappa shape index (κ2) is 6.04. The van der Waals surface area contributed by atoms with Crippen molar-refractivity contribution in [3.8, 4) is 0 Å². The lowest BCUT2D eigenvalue weighted by molar-refractivity contribution is -0.128. The van der Waals surface area contributed by atoms with Crippen molar-refractivity contribution >= 4 is 34.4 Å². The first-order chi connectivity index (χ1) is 9.52. The minimum absolute atomic E-state index is 0.0699. The lowest BCUT2D eigenvalue weighted by atomic mass is 10.2. The van der Waals surface area contributed by atoms with E-state index in [0.29, 0.717) is 5.17 Å². The van der Waals surface area contributed by atoms with E-state index in [4.69, 9.17) is 0 Å². The minimum Gasteiger partial charge on any atom is -0.323 e. The highest BCUT2D eigenvalue weighted by molar-refractivity contribution is 8.15. The molecule has 1 aliphatic rings. The third-order valence-electron chi connectivity index (χ3n) is 2.88. The van der Waals surface area contributed by atoms with Crippen LogP contribution in [-0.4, -0.2) is 41.2 Å². The Hall–Kier alpha value is -1.89. The lowest BCUT2D eigenvalue weighted by Gasteiger charge is -2.28. The molecule has 1 aromatic carbocycles. The zero-order chi connectivity index (χ0) is 14.7. The first kappa shape index (κ1) is 14.5. The molecule has 1 saturated heterocycles. The van der Waals surface area contributed by atoms with Crippen LogP contribution in [0.2, 0.25) is 0 Å². The summed E-state index contributed by atoms with van der Waals surface area (Å²) in [5.41, 5.74) is 0.111. The molecule has 0 unspecified atom stereocenters. The average Bonchev–Trinajstić information content (AvgIpc) is 2.44. The maximum Gasteiger partial charge on any atom is 0.238 e. The van der Waals surface area contributed by atoms with E-state index in [1.54, 1.807) is 26.2 Å². The van der Waals surface area contributed by atoms with Gasteiger partial charge in [-0.1, -0.05) is 23.9 Å². The quantitative estimate of drug-likeness (QED) is 0.903. The molecule has 0 aromatic heterocycles. The molecule has 1 aromatic rings. The number of para-hydroxylation sites is 1. The minimum atomic E-state index is -0.600. The van der Waals surface area contributed by atoms with Crippen LogP contribution in [-0.2, 0) is 9.59 Å². The second-order valence-corrected chi connectivity index (χ2v) is 5.41. The van der Waals surface area contributed by atoms with Crippen molar-refractivity contribution in [3.05, 3.63) is 30.1 Å². The molecular weight excluding hydrogens is 281 g/mol. The normalized spacial score (nSPS) is 21.1. The molecule has 20 heavy (non-hydrogen) atoms. The molecule has 0 radical (unpaired) electrons. The molecule has 1 fully saturated rings. The number of thioether (sulfide) groups is 1. The van der Waals surface area contributed by atoms with Crippen molar-refractivity contribution in [2.75, 3.05) is 19.4 Å². The Morgan fingerprint density at radius 2 is 2.20 bits per heavy atom. The van der Waals surface area contributed by atoms with Crippen LogP contribution in [0.4, 0.5) is 10.1 Å². The van der Waals surface area contributed by atoms with Gasteiger partial charge in [-0.05, 0) is 12.1 Å². The third kappa shape index (κ3) is 2.98. The summed E-state index contributed by atoms with van der Waals surface area (Å²) in [6.07, 6.45) is 0.0699. The van der Waals surface area contributed by atoms with E-state index < -0.39 is 17.0 Å². The highest BCUT2D eigenvalue weighted by Crippen LogP contribution is 2.26. The van der Waals surface area contributed by atoms with Gasteiger partial charge >= 0.3 is 0 Å². The number of hydrogen-bond donors (Lipinski definition) is 1. The lowest BCUT2D eigenvalue weighted by Crippen LogP contribution is -2.43. The predicted octanol–water partition coefficient (Wildman–Crippen LogP) is 1.71. The van der Waals surface area contributed by atoms with E-state index >= 15 is 0 Å². The maximum absolute atomic E-state index is 13.5. The summed E-state index contributed by atoms with van der Waals surface area (Å²) in [7, 11) is 3.17. The number of aliphatic imine (C=N–C) groups is 1. The number of rotatable bonds is 2. The number of benzene rings is 1. The molecule has 0 saturated carbocycles. The van der Waals surface area contributed by atoms with Crippen LogP contribution in [0.25, 0.3) is 0 Å². The summed E-state index contributed by atoms with van der Waals surface area (Å²) in [5, 5.41) is 2.38.